The van der Waals surface area contributed by atoms with Gasteiger partial charge in [-0.2, -0.15) is 0 Å². The molecule has 5 heteroatoms. The molecule has 2 atom stereocenters. The Hall–Kier alpha value is -0.740. The second kappa shape index (κ2) is 6.14. The number of sulfone groups is 1. The molecular weight excluding hydrogens is 282 g/mol. The molecule has 1 fully saturated rings. The Balaban J connectivity index is 2.07. The maximum atomic E-state index is 11.7. The standard InChI is InChI=1S/C14H20ClNO2S/c1-19(17,18)14-9-5-4-8-13(14)16-10-11-6-2-3-7-12(11)15/h4-5,8-9,11-12,16H,2-3,6-7,10H2,1H3. The van der Waals surface area contributed by atoms with Crippen molar-refractivity contribution in [3.8, 4) is 0 Å². The monoisotopic (exact) mass is 301 g/mol. The van der Waals surface area contributed by atoms with Crippen LogP contribution >= 0.6 is 11.6 Å². The molecule has 0 radical (unpaired) electrons. The largest absolute Gasteiger partial charge is 0.384 e. The summed E-state index contributed by atoms with van der Waals surface area (Å²) in [6.45, 7) is 0.737. The molecule has 106 valence electrons. The Morgan fingerprint density at radius 3 is 2.63 bits per heavy atom. The Bertz CT molecular complexity index is 530. The molecule has 0 amide bonds. The lowest BCUT2D eigenvalue weighted by Crippen LogP contribution is -2.27. The molecule has 2 rings (SSSR count). The minimum atomic E-state index is -3.20. The van der Waals surface area contributed by atoms with Gasteiger partial charge >= 0.3 is 0 Å². The molecule has 1 aliphatic carbocycles. The lowest BCUT2D eigenvalue weighted by molar-refractivity contribution is 0.380. The maximum Gasteiger partial charge on any atom is 0.177 e. The van der Waals surface area contributed by atoms with Crippen LogP contribution < -0.4 is 5.32 Å². The van der Waals surface area contributed by atoms with Crippen molar-refractivity contribution in [2.45, 2.75) is 36.0 Å². The second-order valence-electron chi connectivity index (χ2n) is 5.21. The van der Waals surface area contributed by atoms with Gasteiger partial charge in [-0.25, -0.2) is 8.42 Å². The first-order valence-electron chi connectivity index (χ1n) is 6.65. The van der Waals surface area contributed by atoms with Crippen LogP contribution in [-0.4, -0.2) is 26.6 Å². The van der Waals surface area contributed by atoms with Crippen LogP contribution in [0, 0.1) is 5.92 Å². The van der Waals surface area contributed by atoms with Crippen LogP contribution in [0.3, 0.4) is 0 Å². The number of anilines is 1. The Morgan fingerprint density at radius 2 is 1.95 bits per heavy atom. The van der Waals surface area contributed by atoms with Crippen LogP contribution in [0.4, 0.5) is 5.69 Å². The molecular formula is C14H20ClNO2S. The summed E-state index contributed by atoms with van der Waals surface area (Å²) >= 11 is 6.32. The lowest BCUT2D eigenvalue weighted by Gasteiger charge is -2.27. The zero-order chi connectivity index (χ0) is 13.9. The van der Waals surface area contributed by atoms with Gasteiger partial charge in [0.25, 0.3) is 0 Å². The zero-order valence-corrected chi connectivity index (χ0v) is 12.7. The summed E-state index contributed by atoms with van der Waals surface area (Å²) in [6.07, 6.45) is 5.82. The Kier molecular flexibility index (Phi) is 4.74. The third kappa shape index (κ3) is 3.86. The highest BCUT2D eigenvalue weighted by Crippen LogP contribution is 2.29. The van der Waals surface area contributed by atoms with Gasteiger partial charge in [-0.05, 0) is 30.9 Å². The number of rotatable bonds is 4. The SMILES string of the molecule is CS(=O)(=O)c1ccccc1NCC1CCCCC1Cl. The average Bonchev–Trinajstić information content (AvgIpc) is 2.37. The Labute approximate surface area is 120 Å². The lowest BCUT2D eigenvalue weighted by atomic mass is 9.88. The van der Waals surface area contributed by atoms with Gasteiger partial charge in [0.05, 0.1) is 10.6 Å². The van der Waals surface area contributed by atoms with Gasteiger partial charge in [-0.15, -0.1) is 11.6 Å². The summed E-state index contributed by atoms with van der Waals surface area (Å²) in [5, 5.41) is 3.46. The number of nitrogens with one attached hydrogen (secondary N) is 1. The highest BCUT2D eigenvalue weighted by molar-refractivity contribution is 7.90. The van der Waals surface area contributed by atoms with Crippen molar-refractivity contribution in [1.29, 1.82) is 0 Å². The first kappa shape index (κ1) is 14.7. The number of hydrogen-bond acceptors (Lipinski definition) is 3. The molecule has 0 heterocycles. The summed E-state index contributed by atoms with van der Waals surface area (Å²) in [5.41, 5.74) is 0.680. The van der Waals surface area contributed by atoms with Crippen LogP contribution in [0.25, 0.3) is 0 Å². The number of hydrogen-bond donors (Lipinski definition) is 1. The molecule has 1 aromatic carbocycles. The van der Waals surface area contributed by atoms with Gasteiger partial charge in [0.15, 0.2) is 9.84 Å². The molecule has 0 bridgehead atoms. The van der Waals surface area contributed by atoms with Gasteiger partial charge in [0, 0.05) is 18.2 Å². The van der Waals surface area contributed by atoms with E-state index in [0.717, 1.165) is 19.4 Å². The third-order valence-electron chi connectivity index (χ3n) is 3.66. The van der Waals surface area contributed by atoms with Gasteiger partial charge < -0.3 is 5.32 Å². The van der Waals surface area contributed by atoms with Crippen LogP contribution in [0.2, 0.25) is 0 Å². The molecule has 1 saturated carbocycles. The zero-order valence-electron chi connectivity index (χ0n) is 11.1. The minimum absolute atomic E-state index is 0.201. The van der Waals surface area contributed by atoms with Crippen molar-refractivity contribution in [1.82, 2.24) is 0 Å². The van der Waals surface area contributed by atoms with Crippen molar-refractivity contribution in [3.05, 3.63) is 24.3 Å². The summed E-state index contributed by atoms with van der Waals surface area (Å²) in [5.74, 6) is 0.419. The first-order chi connectivity index (χ1) is 8.98. The van der Waals surface area contributed by atoms with E-state index in [0.29, 0.717) is 16.5 Å². The summed E-state index contributed by atoms with van der Waals surface area (Å²) in [4.78, 5) is 0.358. The van der Waals surface area contributed by atoms with Crippen LogP contribution in [-0.2, 0) is 9.84 Å². The van der Waals surface area contributed by atoms with Crippen LogP contribution in [0.1, 0.15) is 25.7 Å². The maximum absolute atomic E-state index is 11.7. The molecule has 0 aromatic heterocycles. The van der Waals surface area contributed by atoms with E-state index < -0.39 is 9.84 Å². The number of benzene rings is 1. The highest BCUT2D eigenvalue weighted by Gasteiger charge is 2.23. The fourth-order valence-electron chi connectivity index (χ4n) is 2.57. The van der Waals surface area contributed by atoms with Gasteiger partial charge in [0.1, 0.15) is 0 Å². The molecule has 19 heavy (non-hydrogen) atoms. The van der Waals surface area contributed by atoms with E-state index in [1.54, 1.807) is 12.1 Å². The predicted molar refractivity (Wildman–Crippen MR) is 79.6 cm³/mol. The van der Waals surface area contributed by atoms with Gasteiger partial charge in [0.2, 0.25) is 0 Å². The van der Waals surface area contributed by atoms with Crippen molar-refractivity contribution < 1.29 is 8.42 Å². The Morgan fingerprint density at radius 1 is 1.26 bits per heavy atom. The number of alkyl halides is 1. The van der Waals surface area contributed by atoms with E-state index in [1.165, 1.54) is 19.1 Å². The van der Waals surface area contributed by atoms with E-state index in [4.69, 9.17) is 11.6 Å². The normalized spacial score (nSPS) is 24.1. The molecule has 1 aromatic rings. The third-order valence-corrected chi connectivity index (χ3v) is 5.39. The van der Waals surface area contributed by atoms with Crippen LogP contribution in [0.15, 0.2) is 29.2 Å². The fraction of sp³-hybridized carbons (Fsp3) is 0.571. The van der Waals surface area contributed by atoms with E-state index in [-0.39, 0.29) is 5.38 Å². The molecule has 0 saturated heterocycles. The van der Waals surface area contributed by atoms with E-state index in [2.05, 4.69) is 5.32 Å². The van der Waals surface area contributed by atoms with Crippen molar-refractivity contribution >= 4 is 27.1 Å². The van der Waals surface area contributed by atoms with E-state index in [9.17, 15) is 8.42 Å². The first-order valence-corrected chi connectivity index (χ1v) is 8.98. The molecule has 2 unspecified atom stereocenters. The predicted octanol–water partition coefficient (Wildman–Crippen LogP) is 3.30. The number of para-hydroxylation sites is 1. The molecule has 1 aliphatic rings. The molecule has 0 spiro atoms. The summed E-state index contributed by atoms with van der Waals surface area (Å²) in [7, 11) is -3.20. The van der Waals surface area contributed by atoms with Crippen molar-refractivity contribution in [2.24, 2.45) is 5.92 Å². The molecule has 3 nitrogen and oxygen atoms in total. The van der Waals surface area contributed by atoms with Crippen LogP contribution in [0.5, 0.6) is 0 Å². The smallest absolute Gasteiger partial charge is 0.177 e. The van der Waals surface area contributed by atoms with Gasteiger partial charge in [-0.3, -0.25) is 0 Å². The van der Waals surface area contributed by atoms with Crippen molar-refractivity contribution in [2.75, 3.05) is 18.1 Å². The topological polar surface area (TPSA) is 46.2 Å². The molecule has 0 aliphatic heterocycles. The van der Waals surface area contributed by atoms with E-state index in [1.807, 2.05) is 12.1 Å². The summed E-state index contributed by atoms with van der Waals surface area (Å²) < 4.78 is 23.4. The van der Waals surface area contributed by atoms with Gasteiger partial charge in [-0.1, -0.05) is 25.0 Å². The van der Waals surface area contributed by atoms with Crippen molar-refractivity contribution in [3.63, 3.8) is 0 Å². The minimum Gasteiger partial charge on any atom is -0.384 e. The number of halogens is 1. The fourth-order valence-corrected chi connectivity index (χ4v) is 3.80. The quantitative estimate of drug-likeness (QED) is 0.868. The summed E-state index contributed by atoms with van der Waals surface area (Å²) in [6, 6.07) is 7.03. The molecule has 1 N–H and O–H groups in total. The van der Waals surface area contributed by atoms with E-state index >= 15 is 0 Å². The average molecular weight is 302 g/mol. The highest BCUT2D eigenvalue weighted by atomic mass is 35.5. The second-order valence-corrected chi connectivity index (χ2v) is 7.75.